The van der Waals surface area contributed by atoms with Gasteiger partial charge in [0.1, 0.15) is 28.9 Å². The maximum absolute atomic E-state index is 11.8. The molecule has 1 spiro atoms. The predicted octanol–water partition coefficient (Wildman–Crippen LogP) is 2.74. The van der Waals surface area contributed by atoms with Gasteiger partial charge in [-0.05, 0) is 69.0 Å². The standard InChI is InChI=1S/C18H21NO3.C11H16N2O3.C9H8O4.C8H10N4O2/c1-19-8-7-18-11-4-5-13(20)17(18)22-16-14(21-2)6-3-10(15(16)18)9-12(11)19;1-4-5-11(6-7(2)3)8(14)12-10(16)13-9(11)15;1-6(10)13-8-5-3-2-4-7(8)9(11)12;1-10-4-9-6-5(10)7(13)12(3)8(14)11(6)2/h3-6,11-13,17,20H,7-9H2,1-2H3;4,7H,1,5-6H2,2-3H3,(H2,12,13,14,15,16);2-5H,1H3,(H,11,12);4H,1-3H3/t11-,12+,13-,17-,18-;;;/m0.../s1. The van der Waals surface area contributed by atoms with Crippen molar-refractivity contribution >= 4 is 40.9 Å². The number of benzene rings is 2. The van der Waals surface area contributed by atoms with Crippen LogP contribution in [0.25, 0.3) is 11.2 Å². The van der Waals surface area contributed by atoms with Gasteiger partial charge in [-0.2, -0.15) is 0 Å². The molecule has 65 heavy (non-hydrogen) atoms. The number of piperidine rings is 1. The monoisotopic (exact) mass is 897 g/mol. The summed E-state index contributed by atoms with van der Waals surface area (Å²) in [5.41, 5.74) is 1.58. The highest BCUT2D eigenvalue weighted by atomic mass is 16.5. The normalized spacial score (nSPS) is 22.9. The number of imidazole rings is 1. The maximum Gasteiger partial charge on any atom is 0.339 e. The number of aryl methyl sites for hydroxylation is 2. The van der Waals surface area contributed by atoms with Gasteiger partial charge in [0.05, 0.1) is 13.4 Å². The van der Waals surface area contributed by atoms with Crippen LogP contribution in [0, 0.1) is 17.3 Å². The van der Waals surface area contributed by atoms with Crippen molar-refractivity contribution in [2.24, 2.45) is 38.4 Å². The van der Waals surface area contributed by atoms with Crippen LogP contribution in [0.5, 0.6) is 17.2 Å². The number of rotatable bonds is 7. The number of likely N-dealkylation sites (N-methyl/N-ethyl adjacent to an activating group) is 1. The molecular formula is C46H55N7O12. The molecule has 19 nitrogen and oxygen atoms in total. The minimum absolute atomic E-state index is 0.0160. The van der Waals surface area contributed by atoms with Gasteiger partial charge in [-0.25, -0.2) is 19.4 Å². The lowest BCUT2D eigenvalue weighted by Gasteiger charge is -2.56. The molecule has 0 radical (unpaired) electrons. The Labute approximate surface area is 374 Å². The van der Waals surface area contributed by atoms with Gasteiger partial charge >= 0.3 is 23.7 Å². The van der Waals surface area contributed by atoms with E-state index in [0.717, 1.165) is 35.5 Å². The van der Waals surface area contributed by atoms with Crippen LogP contribution in [0.4, 0.5) is 4.79 Å². The summed E-state index contributed by atoms with van der Waals surface area (Å²) in [7, 11) is 8.68. The number of methoxy groups -OCH3 is 1. The van der Waals surface area contributed by atoms with Crippen molar-refractivity contribution < 1.29 is 48.4 Å². The topological polar surface area (TPSA) is 243 Å². The van der Waals surface area contributed by atoms with Crippen LogP contribution in [0.3, 0.4) is 0 Å². The number of urea groups is 1. The summed E-state index contributed by atoms with van der Waals surface area (Å²) in [6.07, 6.45) is 9.21. The SMILES string of the molecule is C=CCC1(CC(C)C)C(=O)NC(=O)NC1=O.CC(=O)Oc1ccccc1C(=O)O.COc1ccc2c3c1O[C@H]1[C@@H](O)C=C[C@H]4[C@@H](C2)N(C)CC[C@@]341.Cn1c(=O)c2c(ncn2C)n(C)c1=O. The predicted molar refractivity (Wildman–Crippen MR) is 237 cm³/mol. The zero-order valence-corrected chi connectivity index (χ0v) is 37.6. The largest absolute Gasteiger partial charge is 0.493 e. The van der Waals surface area contributed by atoms with Gasteiger partial charge in [0.15, 0.2) is 22.7 Å². The van der Waals surface area contributed by atoms with E-state index in [-0.39, 0.29) is 46.4 Å². The number of carboxylic acids is 1. The number of carbonyl (C=O) groups excluding carboxylic acids is 4. The van der Waals surface area contributed by atoms with Crippen LogP contribution >= 0.6 is 0 Å². The maximum atomic E-state index is 11.8. The number of ether oxygens (including phenoxy) is 3. The molecule has 19 heteroatoms. The molecule has 5 aliphatic rings. The second-order valence-electron chi connectivity index (χ2n) is 17.2. The summed E-state index contributed by atoms with van der Waals surface area (Å²) in [6, 6.07) is 9.93. The smallest absolute Gasteiger partial charge is 0.339 e. The molecule has 0 unspecified atom stereocenters. The second-order valence-corrected chi connectivity index (χ2v) is 17.2. The first-order chi connectivity index (χ1) is 30.7. The molecule has 3 aliphatic heterocycles. The van der Waals surface area contributed by atoms with Crippen LogP contribution in [0.1, 0.15) is 61.5 Å². The Kier molecular flexibility index (Phi) is 13.7. The molecule has 346 valence electrons. The van der Waals surface area contributed by atoms with Crippen LogP contribution in [-0.4, -0.2) is 103 Å². The summed E-state index contributed by atoms with van der Waals surface area (Å²) in [4.78, 5) is 85.4. The number of nitrogens with zero attached hydrogens (tertiary/aromatic N) is 5. The van der Waals surface area contributed by atoms with E-state index in [1.807, 2.05) is 26.0 Å². The van der Waals surface area contributed by atoms with Crippen LogP contribution < -0.4 is 36.1 Å². The number of likely N-dealkylation sites (tertiary alicyclic amines) is 1. The molecule has 2 bridgehead atoms. The number of hydrogen-bond donors (Lipinski definition) is 4. The van der Waals surface area contributed by atoms with E-state index in [1.54, 1.807) is 37.9 Å². The van der Waals surface area contributed by atoms with Crippen molar-refractivity contribution in [3.05, 3.63) is 105 Å². The number of carboxylic acid groups (broad SMARTS) is 1. The Morgan fingerprint density at radius 2 is 1.68 bits per heavy atom. The number of nitrogens with one attached hydrogen (secondary N) is 2. The molecule has 2 aromatic carbocycles. The molecule has 4 amide bonds. The first-order valence-electron chi connectivity index (χ1n) is 21.0. The lowest BCUT2D eigenvalue weighted by atomic mass is 9.53. The van der Waals surface area contributed by atoms with E-state index in [4.69, 9.17) is 14.6 Å². The molecule has 2 fully saturated rings. The lowest BCUT2D eigenvalue weighted by molar-refractivity contribution is -0.145. The molecule has 4 N–H and O–H groups in total. The summed E-state index contributed by atoms with van der Waals surface area (Å²) in [5.74, 6) is -0.380. The van der Waals surface area contributed by atoms with Gasteiger partial charge in [0.2, 0.25) is 11.8 Å². The van der Waals surface area contributed by atoms with Crippen molar-refractivity contribution in [1.29, 1.82) is 0 Å². The average Bonchev–Trinajstić information content (AvgIpc) is 3.82. The highest BCUT2D eigenvalue weighted by Gasteiger charge is 2.64. The van der Waals surface area contributed by atoms with Gasteiger partial charge in [-0.1, -0.05) is 50.3 Å². The third-order valence-electron chi connectivity index (χ3n) is 12.6. The number of allylic oxidation sites excluding steroid dienone is 1. The third-order valence-corrected chi connectivity index (χ3v) is 12.6. The van der Waals surface area contributed by atoms with E-state index in [2.05, 4.69) is 51.0 Å². The summed E-state index contributed by atoms with van der Waals surface area (Å²) < 4.78 is 20.6. The number of hydrogen-bond acceptors (Lipinski definition) is 13. The van der Waals surface area contributed by atoms with Crippen molar-refractivity contribution in [1.82, 2.24) is 34.2 Å². The minimum Gasteiger partial charge on any atom is -0.493 e. The van der Waals surface area contributed by atoms with Crippen LogP contribution in [0.15, 0.2) is 77.1 Å². The summed E-state index contributed by atoms with van der Waals surface area (Å²) in [6.45, 7) is 9.66. The molecular weight excluding hydrogens is 843 g/mol. The van der Waals surface area contributed by atoms with E-state index >= 15 is 0 Å². The van der Waals surface area contributed by atoms with E-state index in [0.29, 0.717) is 29.5 Å². The zero-order valence-electron chi connectivity index (χ0n) is 37.6. The lowest BCUT2D eigenvalue weighted by Crippen LogP contribution is -2.64. The van der Waals surface area contributed by atoms with Crippen LogP contribution in [-0.2, 0) is 47.4 Å². The number of amides is 4. The van der Waals surface area contributed by atoms with E-state index < -0.39 is 41.3 Å². The molecule has 2 saturated heterocycles. The van der Waals surface area contributed by atoms with Crippen molar-refractivity contribution in [2.45, 2.75) is 70.1 Å². The van der Waals surface area contributed by atoms with Crippen LogP contribution in [0.2, 0.25) is 0 Å². The van der Waals surface area contributed by atoms with E-state index in [1.165, 1.54) is 54.2 Å². The molecule has 4 aromatic rings. The first kappa shape index (κ1) is 47.6. The fraction of sp³-hybridized carbons (Fsp3) is 0.435. The number of barbiturate groups is 1. The second kappa shape index (κ2) is 18.7. The van der Waals surface area contributed by atoms with Crippen molar-refractivity contribution in [2.75, 3.05) is 20.7 Å². The Bertz CT molecular complexity index is 2700. The highest BCUT2D eigenvalue weighted by molar-refractivity contribution is 6.19. The van der Waals surface area contributed by atoms with Gasteiger partial charge in [-0.15, -0.1) is 6.58 Å². The number of aliphatic hydroxyl groups is 1. The number of aliphatic hydroxyl groups excluding tert-OH is 1. The number of aromatic carboxylic acids is 1. The van der Waals surface area contributed by atoms with Crippen molar-refractivity contribution in [3.8, 4) is 17.2 Å². The fourth-order valence-electron chi connectivity index (χ4n) is 9.72. The van der Waals surface area contributed by atoms with Gasteiger partial charge in [0.25, 0.3) is 5.56 Å². The Morgan fingerprint density at radius 3 is 2.29 bits per heavy atom. The third kappa shape index (κ3) is 8.60. The summed E-state index contributed by atoms with van der Waals surface area (Å²) >= 11 is 0. The Hall–Kier alpha value is -6.86. The molecule has 2 aromatic heterocycles. The highest BCUT2D eigenvalue weighted by Crippen LogP contribution is 2.62. The molecule has 5 atom stereocenters. The molecule has 2 aliphatic carbocycles. The quantitative estimate of drug-likeness (QED) is 0.0903. The minimum atomic E-state index is -1.19. The number of carbonyl (C=O) groups is 5. The van der Waals surface area contributed by atoms with Gasteiger partial charge < -0.3 is 33.9 Å². The average molecular weight is 898 g/mol. The molecule has 5 heterocycles. The number of para-hydroxylation sites is 1. The zero-order chi connectivity index (χ0) is 47.7. The number of esters is 1. The molecule has 9 rings (SSSR count). The fourth-order valence-corrected chi connectivity index (χ4v) is 9.72. The van der Waals surface area contributed by atoms with E-state index in [9.17, 15) is 38.7 Å². The summed E-state index contributed by atoms with van der Waals surface area (Å²) in [5, 5.41) is 23.5. The van der Waals surface area contributed by atoms with Crippen molar-refractivity contribution in [3.63, 3.8) is 0 Å². The first-order valence-corrected chi connectivity index (χ1v) is 21.0. The number of fused-ring (bicyclic) bond motifs is 1. The molecule has 0 saturated carbocycles. The Morgan fingerprint density at radius 1 is 1.00 bits per heavy atom. The van der Waals surface area contributed by atoms with Gasteiger partial charge in [-0.3, -0.25) is 38.9 Å². The number of aromatic nitrogens is 4. The van der Waals surface area contributed by atoms with Gasteiger partial charge in [0, 0.05) is 51.0 Å². The Balaban J connectivity index is 0.000000148. The number of imide groups is 2.